The van der Waals surface area contributed by atoms with Crippen LogP contribution in [0.15, 0.2) is 48.5 Å². The Kier molecular flexibility index (Phi) is 8.27. The third-order valence-electron chi connectivity index (χ3n) is 6.65. The number of alkyl carbamates (subject to hydrolysis) is 1. The Morgan fingerprint density at radius 1 is 1.00 bits per heavy atom. The molecule has 0 bridgehead atoms. The first kappa shape index (κ1) is 26.8. The smallest absolute Gasteiger partial charge is 0.411 e. The van der Waals surface area contributed by atoms with Gasteiger partial charge in [0.2, 0.25) is 0 Å². The van der Waals surface area contributed by atoms with Gasteiger partial charge in [-0.25, -0.2) is 14.4 Å². The van der Waals surface area contributed by atoms with E-state index in [4.69, 9.17) is 25.8 Å². The van der Waals surface area contributed by atoms with Gasteiger partial charge in [-0.15, -0.1) is 0 Å². The number of rotatable bonds is 7. The highest BCUT2D eigenvalue weighted by molar-refractivity contribution is 6.17. The minimum atomic E-state index is -0.770. The van der Waals surface area contributed by atoms with E-state index in [9.17, 15) is 14.4 Å². The summed E-state index contributed by atoms with van der Waals surface area (Å²) in [6.45, 7) is 6.21. The van der Waals surface area contributed by atoms with Crippen LogP contribution in [0.25, 0.3) is 11.1 Å². The summed E-state index contributed by atoms with van der Waals surface area (Å²) >= 11 is 5.56. The van der Waals surface area contributed by atoms with Gasteiger partial charge in [-0.2, -0.15) is 0 Å². The lowest BCUT2D eigenvalue weighted by Gasteiger charge is -2.27. The van der Waals surface area contributed by atoms with Crippen LogP contribution in [-0.2, 0) is 19.0 Å². The molecule has 0 spiro atoms. The minimum absolute atomic E-state index is 0.0101. The van der Waals surface area contributed by atoms with Crippen LogP contribution in [0.5, 0.6) is 0 Å². The van der Waals surface area contributed by atoms with E-state index >= 15 is 0 Å². The van der Waals surface area contributed by atoms with Crippen LogP contribution in [0.4, 0.5) is 9.59 Å². The van der Waals surface area contributed by atoms with Crippen molar-refractivity contribution in [1.29, 1.82) is 0 Å². The zero-order valence-electron chi connectivity index (χ0n) is 21.4. The second-order valence-corrected chi connectivity index (χ2v) is 10.6. The number of hydrogen-bond acceptors (Lipinski definition) is 6. The van der Waals surface area contributed by atoms with Crippen molar-refractivity contribution in [2.45, 2.75) is 51.2 Å². The third kappa shape index (κ3) is 6.36. The summed E-state index contributed by atoms with van der Waals surface area (Å²) in [4.78, 5) is 38.9. The Bertz CT molecular complexity index is 1100. The van der Waals surface area contributed by atoms with Crippen LogP contribution >= 0.6 is 11.6 Å². The number of nitrogens with one attached hydrogen (secondary N) is 1. The van der Waals surface area contributed by atoms with Crippen molar-refractivity contribution in [2.24, 2.45) is 5.92 Å². The first-order chi connectivity index (χ1) is 17.7. The summed E-state index contributed by atoms with van der Waals surface area (Å²) in [5, 5.41) is 2.80. The maximum atomic E-state index is 12.7. The molecule has 1 N–H and O–H groups in total. The molecule has 2 amide bonds. The van der Waals surface area contributed by atoms with Crippen LogP contribution in [-0.4, -0.2) is 60.5 Å². The normalized spacial score (nSPS) is 18.6. The maximum Gasteiger partial charge on any atom is 0.411 e. The lowest BCUT2D eigenvalue weighted by Crippen LogP contribution is -2.44. The average molecular weight is 529 g/mol. The molecule has 2 aromatic rings. The number of benzene rings is 2. The van der Waals surface area contributed by atoms with Crippen LogP contribution in [0, 0.1) is 5.92 Å². The standard InChI is InChI=1S/C28H33ClN2O6/c1-28(2,3)37-27(34)31-15-18(14-24(31)25(32)36-17-29)12-13-30-26(33)35-16-23-21-10-6-4-8-19(21)20-9-5-7-11-22(20)23/h4-11,18,23-24H,12-17H2,1-3H3,(H,30,33). The fraction of sp³-hybridized carbons (Fsp3) is 0.464. The Balaban J connectivity index is 1.29. The van der Waals surface area contributed by atoms with E-state index in [-0.39, 0.29) is 24.5 Å². The molecule has 1 heterocycles. The van der Waals surface area contributed by atoms with Crippen molar-refractivity contribution in [3.8, 4) is 11.1 Å². The topological polar surface area (TPSA) is 94.2 Å². The molecular formula is C28H33ClN2O6. The average Bonchev–Trinajstić information content (AvgIpc) is 3.42. The minimum Gasteiger partial charge on any atom is -0.449 e. The monoisotopic (exact) mass is 528 g/mol. The van der Waals surface area contributed by atoms with Gasteiger partial charge in [0.25, 0.3) is 0 Å². The molecule has 0 aromatic heterocycles. The lowest BCUT2D eigenvalue weighted by atomic mass is 9.98. The number of nitrogens with zero attached hydrogens (tertiary/aromatic N) is 1. The zero-order chi connectivity index (χ0) is 26.6. The lowest BCUT2D eigenvalue weighted by molar-refractivity contribution is -0.146. The maximum absolute atomic E-state index is 12.7. The highest BCUT2D eigenvalue weighted by Crippen LogP contribution is 2.44. The van der Waals surface area contributed by atoms with Crippen LogP contribution < -0.4 is 5.32 Å². The first-order valence-corrected chi connectivity index (χ1v) is 13.0. The van der Waals surface area contributed by atoms with Crippen molar-refractivity contribution in [3.05, 3.63) is 59.7 Å². The first-order valence-electron chi connectivity index (χ1n) is 12.5. The predicted molar refractivity (Wildman–Crippen MR) is 139 cm³/mol. The number of esters is 1. The summed E-state index contributed by atoms with van der Waals surface area (Å²) in [5.74, 6) is -0.591. The van der Waals surface area contributed by atoms with Crippen molar-refractivity contribution in [1.82, 2.24) is 10.2 Å². The highest BCUT2D eigenvalue weighted by atomic mass is 35.5. The summed E-state index contributed by atoms with van der Waals surface area (Å²) in [5.41, 5.74) is 3.95. The number of halogens is 1. The molecule has 2 unspecified atom stereocenters. The molecule has 1 aliphatic heterocycles. The molecule has 1 fully saturated rings. The van der Waals surface area contributed by atoms with E-state index in [1.165, 1.54) is 16.0 Å². The Morgan fingerprint density at radius 3 is 2.22 bits per heavy atom. The van der Waals surface area contributed by atoms with E-state index in [1.54, 1.807) is 20.8 Å². The molecule has 2 aromatic carbocycles. The second kappa shape index (κ2) is 11.4. The molecule has 8 nitrogen and oxygen atoms in total. The van der Waals surface area contributed by atoms with Gasteiger partial charge in [0.1, 0.15) is 18.2 Å². The number of likely N-dealkylation sites (tertiary alicyclic amines) is 1. The summed E-state index contributed by atoms with van der Waals surface area (Å²) in [7, 11) is 0. The molecule has 1 aliphatic carbocycles. The van der Waals surface area contributed by atoms with E-state index in [2.05, 4.69) is 29.6 Å². The van der Waals surface area contributed by atoms with Gasteiger partial charge in [0.15, 0.2) is 6.07 Å². The van der Waals surface area contributed by atoms with Gasteiger partial charge in [0.05, 0.1) is 0 Å². The van der Waals surface area contributed by atoms with Crippen LogP contribution in [0.1, 0.15) is 50.7 Å². The summed E-state index contributed by atoms with van der Waals surface area (Å²) in [6, 6.07) is 15.3. The largest absolute Gasteiger partial charge is 0.449 e. The van der Waals surface area contributed by atoms with Gasteiger partial charge in [-0.1, -0.05) is 60.1 Å². The van der Waals surface area contributed by atoms with Gasteiger partial charge >= 0.3 is 18.2 Å². The molecule has 0 saturated carbocycles. The second-order valence-electron chi connectivity index (χ2n) is 10.4. The molecule has 9 heteroatoms. The third-order valence-corrected chi connectivity index (χ3v) is 6.76. The quantitative estimate of drug-likeness (QED) is 0.298. The van der Waals surface area contributed by atoms with Crippen LogP contribution in [0.2, 0.25) is 0 Å². The zero-order valence-corrected chi connectivity index (χ0v) is 22.1. The van der Waals surface area contributed by atoms with Crippen molar-refractivity contribution >= 4 is 29.8 Å². The number of fused-ring (bicyclic) bond motifs is 3. The van der Waals surface area contributed by atoms with Crippen molar-refractivity contribution in [3.63, 3.8) is 0 Å². The fourth-order valence-corrected chi connectivity index (χ4v) is 5.16. The molecular weight excluding hydrogens is 496 g/mol. The Hall–Kier alpha value is -3.26. The Morgan fingerprint density at radius 2 is 1.62 bits per heavy atom. The van der Waals surface area contributed by atoms with Crippen molar-refractivity contribution in [2.75, 3.05) is 25.8 Å². The number of amides is 2. The van der Waals surface area contributed by atoms with Gasteiger partial charge < -0.3 is 19.5 Å². The summed E-state index contributed by atoms with van der Waals surface area (Å²) < 4.78 is 16.0. The molecule has 37 heavy (non-hydrogen) atoms. The fourth-order valence-electron chi connectivity index (χ4n) is 5.06. The molecule has 4 rings (SSSR count). The van der Waals surface area contributed by atoms with E-state index in [1.807, 2.05) is 24.3 Å². The molecule has 2 atom stereocenters. The van der Waals surface area contributed by atoms with Gasteiger partial charge in [-0.05, 0) is 61.8 Å². The predicted octanol–water partition coefficient (Wildman–Crippen LogP) is 5.28. The van der Waals surface area contributed by atoms with Crippen LogP contribution in [0.3, 0.4) is 0 Å². The van der Waals surface area contributed by atoms with E-state index < -0.39 is 29.8 Å². The molecule has 0 radical (unpaired) electrons. The molecule has 2 aliphatic rings. The number of alkyl halides is 1. The van der Waals surface area contributed by atoms with Gasteiger partial charge in [-0.3, -0.25) is 4.90 Å². The van der Waals surface area contributed by atoms with Crippen molar-refractivity contribution < 1.29 is 28.6 Å². The molecule has 198 valence electrons. The number of carbonyl (C=O) groups excluding carboxylic acids is 3. The van der Waals surface area contributed by atoms with Gasteiger partial charge in [0, 0.05) is 19.0 Å². The SMILES string of the molecule is CC(C)(C)OC(=O)N1CC(CCNC(=O)OCC2c3ccccc3-c3ccccc32)CC1C(=O)OCCl. The number of carbonyl (C=O) groups is 3. The summed E-state index contributed by atoms with van der Waals surface area (Å²) in [6.07, 6.45) is -0.104. The number of ether oxygens (including phenoxy) is 3. The van der Waals surface area contributed by atoms with E-state index in [0.717, 1.165) is 11.1 Å². The van der Waals surface area contributed by atoms with E-state index in [0.29, 0.717) is 25.9 Å². The highest BCUT2D eigenvalue weighted by Gasteiger charge is 2.42. The Labute approximate surface area is 222 Å². The number of hydrogen-bond donors (Lipinski definition) is 1. The molecule has 1 saturated heterocycles.